The van der Waals surface area contributed by atoms with Crippen molar-refractivity contribution in [3.63, 3.8) is 0 Å². The summed E-state index contributed by atoms with van der Waals surface area (Å²) in [7, 11) is 0. The van der Waals surface area contributed by atoms with Gasteiger partial charge in [0.2, 0.25) is 5.91 Å². The minimum Gasteiger partial charge on any atom is -0.465 e. The van der Waals surface area contributed by atoms with Crippen molar-refractivity contribution in [3.05, 3.63) is 0 Å². The lowest BCUT2D eigenvalue weighted by atomic mass is 10.00. The molecule has 1 heterocycles. The second-order valence-corrected chi connectivity index (χ2v) is 3.82. The van der Waals surface area contributed by atoms with Gasteiger partial charge in [-0.05, 0) is 13.3 Å². The first-order chi connectivity index (χ1) is 7.56. The molecule has 0 radical (unpaired) electrons. The van der Waals surface area contributed by atoms with Crippen LogP contribution >= 0.6 is 0 Å². The maximum absolute atomic E-state index is 11.7. The number of ketones is 1. The number of nitrogens with zero attached hydrogens (tertiary/aromatic N) is 1. The highest BCUT2D eigenvalue weighted by molar-refractivity contribution is 5.99. The Morgan fingerprint density at radius 1 is 1.44 bits per heavy atom. The maximum Gasteiger partial charge on any atom is 0.316 e. The van der Waals surface area contributed by atoms with E-state index in [-0.39, 0.29) is 24.7 Å². The van der Waals surface area contributed by atoms with Crippen molar-refractivity contribution >= 4 is 17.7 Å². The number of likely N-dealkylation sites (tertiary alicyclic amines) is 1. The molecule has 1 fully saturated rings. The van der Waals surface area contributed by atoms with E-state index in [1.54, 1.807) is 11.8 Å². The summed E-state index contributed by atoms with van der Waals surface area (Å²) in [5, 5.41) is 0. The molecule has 1 rings (SSSR count). The minimum atomic E-state index is -0.690. The second kappa shape index (κ2) is 5.63. The normalized spacial score (nSPS) is 21.5. The average molecular weight is 227 g/mol. The highest BCUT2D eigenvalue weighted by atomic mass is 16.5. The molecule has 0 bridgehead atoms. The largest absolute Gasteiger partial charge is 0.465 e. The smallest absolute Gasteiger partial charge is 0.316 e. The fourth-order valence-corrected chi connectivity index (χ4v) is 1.78. The van der Waals surface area contributed by atoms with Crippen molar-refractivity contribution in [1.82, 2.24) is 4.90 Å². The fourth-order valence-electron chi connectivity index (χ4n) is 1.78. The zero-order chi connectivity index (χ0) is 12.1. The van der Waals surface area contributed by atoms with Gasteiger partial charge in [0.05, 0.1) is 6.61 Å². The molecule has 1 atom stereocenters. The summed E-state index contributed by atoms with van der Waals surface area (Å²) in [5.74, 6) is -1.33. The van der Waals surface area contributed by atoms with Crippen molar-refractivity contribution in [2.75, 3.05) is 19.7 Å². The van der Waals surface area contributed by atoms with Gasteiger partial charge in [-0.2, -0.15) is 0 Å². The van der Waals surface area contributed by atoms with Crippen LogP contribution < -0.4 is 0 Å². The topological polar surface area (TPSA) is 63.7 Å². The molecule has 0 saturated carbocycles. The predicted octanol–water partition coefficient (Wildman–Crippen LogP) is 0.377. The van der Waals surface area contributed by atoms with E-state index >= 15 is 0 Å². The van der Waals surface area contributed by atoms with Crippen molar-refractivity contribution in [2.24, 2.45) is 5.92 Å². The molecule has 5 heteroatoms. The Morgan fingerprint density at radius 2 is 2.12 bits per heavy atom. The van der Waals surface area contributed by atoms with Crippen LogP contribution in [0.15, 0.2) is 0 Å². The molecule has 1 amide bonds. The van der Waals surface area contributed by atoms with Crippen molar-refractivity contribution in [2.45, 2.75) is 26.7 Å². The zero-order valence-electron chi connectivity index (χ0n) is 9.69. The first-order valence-corrected chi connectivity index (χ1v) is 5.51. The van der Waals surface area contributed by atoms with Gasteiger partial charge in [0, 0.05) is 26.4 Å². The molecular formula is C11H17NO4. The van der Waals surface area contributed by atoms with Crippen molar-refractivity contribution < 1.29 is 19.1 Å². The third kappa shape index (κ3) is 3.05. The van der Waals surface area contributed by atoms with Crippen LogP contribution in [0.1, 0.15) is 26.7 Å². The standard InChI is InChI=1S/C11H17NO4/c1-3-16-11(15)9-4-6-12(8(2)13)7-5-10(9)14/h9H,3-7H2,1-2H3. The summed E-state index contributed by atoms with van der Waals surface area (Å²) in [6, 6.07) is 0. The molecule has 1 aliphatic heterocycles. The van der Waals surface area contributed by atoms with Gasteiger partial charge in [-0.25, -0.2) is 0 Å². The Bertz CT molecular complexity index is 300. The van der Waals surface area contributed by atoms with Crippen LogP contribution in [0.25, 0.3) is 0 Å². The summed E-state index contributed by atoms with van der Waals surface area (Å²) in [5.41, 5.74) is 0. The highest BCUT2D eigenvalue weighted by Crippen LogP contribution is 2.16. The first-order valence-electron chi connectivity index (χ1n) is 5.51. The Labute approximate surface area is 94.7 Å². The van der Waals surface area contributed by atoms with E-state index in [4.69, 9.17) is 4.74 Å². The van der Waals surface area contributed by atoms with E-state index in [1.165, 1.54) is 6.92 Å². The molecule has 0 aromatic carbocycles. The molecule has 5 nitrogen and oxygen atoms in total. The monoisotopic (exact) mass is 227 g/mol. The number of amides is 1. The molecule has 1 unspecified atom stereocenters. The number of hydrogen-bond donors (Lipinski definition) is 0. The molecule has 0 N–H and O–H groups in total. The van der Waals surface area contributed by atoms with Crippen molar-refractivity contribution in [1.29, 1.82) is 0 Å². The maximum atomic E-state index is 11.7. The van der Waals surface area contributed by atoms with E-state index in [9.17, 15) is 14.4 Å². The Kier molecular flexibility index (Phi) is 4.46. The Balaban J connectivity index is 2.64. The van der Waals surface area contributed by atoms with Crippen LogP contribution in [0.5, 0.6) is 0 Å². The number of esters is 1. The summed E-state index contributed by atoms with van der Waals surface area (Å²) in [4.78, 5) is 35.9. The summed E-state index contributed by atoms with van der Waals surface area (Å²) >= 11 is 0. The van der Waals surface area contributed by atoms with Crippen LogP contribution in [-0.4, -0.2) is 42.3 Å². The number of carbonyl (C=O) groups is 3. The quantitative estimate of drug-likeness (QED) is 0.505. The minimum absolute atomic E-state index is 0.0580. The summed E-state index contributed by atoms with van der Waals surface area (Å²) < 4.78 is 4.84. The van der Waals surface area contributed by atoms with Gasteiger partial charge in [-0.3, -0.25) is 14.4 Å². The lowest BCUT2D eigenvalue weighted by Gasteiger charge is -2.17. The molecule has 0 spiro atoms. The third-order valence-electron chi connectivity index (χ3n) is 2.72. The van der Waals surface area contributed by atoms with Crippen molar-refractivity contribution in [3.8, 4) is 0 Å². The van der Waals surface area contributed by atoms with Gasteiger partial charge >= 0.3 is 5.97 Å². The van der Waals surface area contributed by atoms with E-state index in [0.717, 1.165) is 0 Å². The van der Waals surface area contributed by atoms with E-state index in [0.29, 0.717) is 19.5 Å². The first kappa shape index (κ1) is 12.7. The zero-order valence-corrected chi connectivity index (χ0v) is 9.69. The lowest BCUT2D eigenvalue weighted by Crippen LogP contribution is -2.30. The van der Waals surface area contributed by atoms with E-state index in [1.807, 2.05) is 0 Å². The van der Waals surface area contributed by atoms with Gasteiger partial charge in [0.1, 0.15) is 11.7 Å². The highest BCUT2D eigenvalue weighted by Gasteiger charge is 2.31. The summed E-state index contributed by atoms with van der Waals surface area (Å²) in [6.07, 6.45) is 0.611. The number of rotatable bonds is 2. The molecule has 1 saturated heterocycles. The van der Waals surface area contributed by atoms with Crippen LogP contribution in [-0.2, 0) is 19.1 Å². The van der Waals surface area contributed by atoms with Crippen LogP contribution in [0, 0.1) is 5.92 Å². The van der Waals surface area contributed by atoms with Crippen LogP contribution in [0.2, 0.25) is 0 Å². The number of Topliss-reactive ketones (excluding diaryl/α,β-unsaturated/α-hetero) is 1. The predicted molar refractivity (Wildman–Crippen MR) is 56.6 cm³/mol. The molecular weight excluding hydrogens is 210 g/mol. The molecule has 90 valence electrons. The average Bonchev–Trinajstić information content (AvgIpc) is 2.40. The van der Waals surface area contributed by atoms with Gasteiger partial charge in [0.15, 0.2) is 0 Å². The van der Waals surface area contributed by atoms with Gasteiger partial charge in [-0.1, -0.05) is 0 Å². The number of hydrogen-bond acceptors (Lipinski definition) is 4. The van der Waals surface area contributed by atoms with Crippen LogP contribution in [0.3, 0.4) is 0 Å². The van der Waals surface area contributed by atoms with E-state index < -0.39 is 11.9 Å². The van der Waals surface area contributed by atoms with Gasteiger partial charge in [-0.15, -0.1) is 0 Å². The molecule has 1 aliphatic rings. The van der Waals surface area contributed by atoms with Gasteiger partial charge in [0.25, 0.3) is 0 Å². The van der Waals surface area contributed by atoms with E-state index in [2.05, 4.69) is 0 Å². The number of carbonyl (C=O) groups excluding carboxylic acids is 3. The Morgan fingerprint density at radius 3 is 2.69 bits per heavy atom. The summed E-state index contributed by atoms with van der Waals surface area (Å²) in [6.45, 7) is 4.31. The molecule has 0 aliphatic carbocycles. The Hall–Kier alpha value is -1.39. The molecule has 0 aromatic heterocycles. The van der Waals surface area contributed by atoms with Crippen LogP contribution in [0.4, 0.5) is 0 Å². The second-order valence-electron chi connectivity index (χ2n) is 3.82. The SMILES string of the molecule is CCOC(=O)C1CCN(C(C)=O)CCC1=O. The van der Waals surface area contributed by atoms with Gasteiger partial charge < -0.3 is 9.64 Å². The molecule has 16 heavy (non-hydrogen) atoms. The number of ether oxygens (including phenoxy) is 1. The lowest BCUT2D eigenvalue weighted by molar-refractivity contribution is -0.151. The third-order valence-corrected chi connectivity index (χ3v) is 2.72. The fraction of sp³-hybridized carbons (Fsp3) is 0.727. The molecule has 0 aromatic rings.